The number of alkyl carbamates (subject to hydrolysis) is 1. The molecule has 2 heterocycles. The average Bonchev–Trinajstić information content (AvgIpc) is 3.58. The molecule has 0 fully saturated rings. The number of hydrogen-bond acceptors (Lipinski definition) is 9. The minimum atomic E-state index is -0.574. The van der Waals surface area contributed by atoms with Gasteiger partial charge in [-0.25, -0.2) is 14.2 Å². The van der Waals surface area contributed by atoms with E-state index in [4.69, 9.17) is 10.5 Å². The summed E-state index contributed by atoms with van der Waals surface area (Å²) in [6.45, 7) is 15.6. The summed E-state index contributed by atoms with van der Waals surface area (Å²) in [4.78, 5) is 12.2. The Morgan fingerprint density at radius 2 is 1.34 bits per heavy atom. The first-order chi connectivity index (χ1) is 18.8. The molecule has 13 heteroatoms. The van der Waals surface area contributed by atoms with Gasteiger partial charge in [0.05, 0.1) is 17.6 Å². The first-order valence-electron chi connectivity index (χ1n) is 13.2. The minimum absolute atomic E-state index is 0. The second-order valence-electron chi connectivity index (χ2n) is 11.6. The van der Waals surface area contributed by atoms with Crippen LogP contribution in [0, 0.1) is 0 Å². The van der Waals surface area contributed by atoms with Crippen molar-refractivity contribution in [3.8, 4) is 0 Å². The smallest absolute Gasteiger partial charge is 0.408 e. The lowest BCUT2D eigenvalue weighted by Gasteiger charge is -2.24. The third-order valence-electron chi connectivity index (χ3n) is 5.63. The summed E-state index contributed by atoms with van der Waals surface area (Å²) >= 11 is 0. The molecule has 222 valence electrons. The highest BCUT2D eigenvalue weighted by Crippen LogP contribution is 2.23. The molecule has 12 nitrogen and oxygen atoms in total. The second kappa shape index (κ2) is 14.1. The van der Waals surface area contributed by atoms with Crippen molar-refractivity contribution in [2.45, 2.75) is 84.7 Å². The Hall–Kier alpha value is -3.90. The summed E-state index contributed by atoms with van der Waals surface area (Å²) in [6.07, 6.45) is -0.510. The Bertz CT molecular complexity index is 1350. The SMILES string of the molecule is CC(C)(C)n1nnnc1C(N)c1ccccc1.CC(C)n1nnnc1C(NC(=O)OC(C)(C)C)c1ccccc1.Cl. The molecule has 41 heavy (non-hydrogen) atoms. The van der Waals surface area contributed by atoms with Crippen molar-refractivity contribution >= 4 is 18.5 Å². The summed E-state index contributed by atoms with van der Waals surface area (Å²) in [6, 6.07) is 18.7. The standard InChI is InChI=1S/C16H23N5O2.C12H17N5.ClH/c1-11(2)21-14(18-19-20-21)13(12-9-7-6-8-10-12)17-15(22)23-16(3,4)5;1-12(2,3)17-11(14-15-16-17)10(13)9-7-5-4-6-8-9;/h6-11,13H,1-5H3,(H,17,22);4-8,10H,13H2,1-3H3;1H. The number of carbonyl (C=O) groups is 1. The Balaban J connectivity index is 0.000000292. The summed E-state index contributed by atoms with van der Waals surface area (Å²) in [7, 11) is 0. The maximum absolute atomic E-state index is 12.2. The van der Waals surface area contributed by atoms with E-state index in [-0.39, 0.29) is 30.0 Å². The Labute approximate surface area is 247 Å². The number of nitrogens with one attached hydrogen (secondary N) is 1. The van der Waals surface area contributed by atoms with Crippen molar-refractivity contribution in [3.05, 3.63) is 83.4 Å². The molecule has 0 spiro atoms. The molecule has 2 aromatic carbocycles. The maximum Gasteiger partial charge on any atom is 0.408 e. The van der Waals surface area contributed by atoms with Crippen molar-refractivity contribution in [2.75, 3.05) is 0 Å². The zero-order valence-electron chi connectivity index (χ0n) is 24.9. The van der Waals surface area contributed by atoms with E-state index in [2.05, 4.69) is 36.4 Å². The van der Waals surface area contributed by atoms with Gasteiger partial charge in [-0.1, -0.05) is 60.7 Å². The summed E-state index contributed by atoms with van der Waals surface area (Å²) in [5.74, 6) is 1.25. The molecule has 0 bridgehead atoms. The monoisotopic (exact) mass is 584 g/mol. The van der Waals surface area contributed by atoms with Gasteiger partial charge >= 0.3 is 6.09 Å². The highest BCUT2D eigenvalue weighted by Gasteiger charge is 2.27. The molecular formula is C28H41ClN10O2. The lowest BCUT2D eigenvalue weighted by atomic mass is 10.1. The lowest BCUT2D eigenvalue weighted by Crippen LogP contribution is -2.36. The van der Waals surface area contributed by atoms with E-state index in [0.29, 0.717) is 11.6 Å². The highest BCUT2D eigenvalue weighted by molar-refractivity contribution is 5.85. The third-order valence-corrected chi connectivity index (χ3v) is 5.63. The number of hydrogen-bond donors (Lipinski definition) is 2. The molecule has 0 aliphatic heterocycles. The van der Waals surface area contributed by atoms with Gasteiger partial charge in [-0.3, -0.25) is 0 Å². The fraction of sp³-hybridized carbons (Fsp3) is 0.464. The molecule has 2 aromatic heterocycles. The number of aromatic nitrogens is 8. The van der Waals surface area contributed by atoms with E-state index < -0.39 is 17.7 Å². The number of benzene rings is 2. The molecule has 4 aromatic rings. The number of nitrogens with zero attached hydrogens (tertiary/aromatic N) is 8. The van der Waals surface area contributed by atoms with Crippen LogP contribution in [0.3, 0.4) is 0 Å². The van der Waals surface area contributed by atoms with Crippen LogP contribution in [-0.2, 0) is 10.3 Å². The topological polar surface area (TPSA) is 152 Å². The fourth-order valence-electron chi connectivity index (χ4n) is 3.80. The van der Waals surface area contributed by atoms with Crippen LogP contribution in [0.25, 0.3) is 0 Å². The van der Waals surface area contributed by atoms with Crippen LogP contribution in [0.5, 0.6) is 0 Å². The van der Waals surface area contributed by atoms with E-state index in [1.807, 2.05) is 116 Å². The largest absolute Gasteiger partial charge is 0.444 e. The van der Waals surface area contributed by atoms with Gasteiger partial charge in [0.1, 0.15) is 11.6 Å². The summed E-state index contributed by atoms with van der Waals surface area (Å²) < 4.78 is 8.82. The zero-order valence-corrected chi connectivity index (χ0v) is 25.7. The van der Waals surface area contributed by atoms with Crippen molar-refractivity contribution in [3.63, 3.8) is 0 Å². The second-order valence-corrected chi connectivity index (χ2v) is 11.6. The number of nitrogens with two attached hydrogens (primary N) is 1. The Kier molecular flexibility index (Phi) is 11.5. The molecule has 2 unspecified atom stereocenters. The molecule has 0 aliphatic carbocycles. The van der Waals surface area contributed by atoms with E-state index in [1.165, 1.54) is 0 Å². The van der Waals surface area contributed by atoms with Crippen LogP contribution in [0.4, 0.5) is 4.79 Å². The van der Waals surface area contributed by atoms with Crippen LogP contribution in [0.1, 0.15) is 96.3 Å². The zero-order chi connectivity index (χ0) is 29.5. The van der Waals surface area contributed by atoms with Gasteiger partial charge in [0.2, 0.25) is 0 Å². The molecular weight excluding hydrogens is 544 g/mol. The third kappa shape index (κ3) is 9.32. The average molecular weight is 585 g/mol. The summed E-state index contributed by atoms with van der Waals surface area (Å²) in [5, 5.41) is 26.5. The number of rotatable bonds is 6. The van der Waals surface area contributed by atoms with Crippen molar-refractivity contribution in [1.29, 1.82) is 0 Å². The molecule has 2 atom stereocenters. The Morgan fingerprint density at radius 1 is 0.829 bits per heavy atom. The van der Waals surface area contributed by atoms with Gasteiger partial charge in [0, 0.05) is 0 Å². The normalized spacial score (nSPS) is 12.9. The van der Waals surface area contributed by atoms with Crippen LogP contribution in [-0.4, -0.2) is 52.1 Å². The van der Waals surface area contributed by atoms with Crippen LogP contribution < -0.4 is 11.1 Å². The van der Waals surface area contributed by atoms with E-state index in [0.717, 1.165) is 11.1 Å². The molecule has 4 rings (SSSR count). The quantitative estimate of drug-likeness (QED) is 0.326. The van der Waals surface area contributed by atoms with Crippen molar-refractivity contribution < 1.29 is 9.53 Å². The lowest BCUT2D eigenvalue weighted by molar-refractivity contribution is 0.0509. The molecule has 0 radical (unpaired) electrons. The van der Waals surface area contributed by atoms with Gasteiger partial charge in [0.25, 0.3) is 0 Å². The predicted octanol–water partition coefficient (Wildman–Crippen LogP) is 4.77. The maximum atomic E-state index is 12.2. The number of ether oxygens (including phenoxy) is 1. The van der Waals surface area contributed by atoms with Crippen LogP contribution in [0.15, 0.2) is 60.7 Å². The number of carbonyl (C=O) groups excluding carboxylic acids is 1. The van der Waals surface area contributed by atoms with E-state index in [1.54, 1.807) is 9.36 Å². The first kappa shape index (κ1) is 33.3. The predicted molar refractivity (Wildman–Crippen MR) is 158 cm³/mol. The summed E-state index contributed by atoms with van der Waals surface area (Å²) in [5.41, 5.74) is 7.34. The first-order valence-corrected chi connectivity index (χ1v) is 13.2. The molecule has 3 N–H and O–H groups in total. The van der Waals surface area contributed by atoms with Crippen molar-refractivity contribution in [2.24, 2.45) is 5.73 Å². The van der Waals surface area contributed by atoms with E-state index >= 15 is 0 Å². The molecule has 0 aliphatic rings. The van der Waals surface area contributed by atoms with Gasteiger partial charge < -0.3 is 15.8 Å². The van der Waals surface area contributed by atoms with Crippen LogP contribution in [0.2, 0.25) is 0 Å². The minimum Gasteiger partial charge on any atom is -0.444 e. The Morgan fingerprint density at radius 3 is 1.85 bits per heavy atom. The molecule has 0 saturated heterocycles. The number of halogens is 1. The number of tetrazole rings is 2. The molecule has 0 saturated carbocycles. The van der Waals surface area contributed by atoms with Gasteiger partial charge in [0.15, 0.2) is 11.6 Å². The van der Waals surface area contributed by atoms with Gasteiger partial charge in [-0.05, 0) is 87.4 Å². The van der Waals surface area contributed by atoms with Crippen molar-refractivity contribution in [1.82, 2.24) is 45.7 Å². The van der Waals surface area contributed by atoms with Gasteiger partial charge in [-0.15, -0.1) is 22.6 Å². The highest BCUT2D eigenvalue weighted by atomic mass is 35.5. The van der Waals surface area contributed by atoms with E-state index in [9.17, 15) is 4.79 Å². The fourth-order valence-corrected chi connectivity index (χ4v) is 3.80. The van der Waals surface area contributed by atoms with Crippen LogP contribution >= 0.6 is 12.4 Å². The van der Waals surface area contributed by atoms with Gasteiger partial charge in [-0.2, -0.15) is 0 Å². The number of amides is 1. The molecule has 1 amide bonds.